The number of nitrogens with two attached hydrogens (primary N) is 1. The molecule has 0 amide bonds. The maximum absolute atomic E-state index is 10.5. The van der Waals surface area contributed by atoms with E-state index in [1.165, 1.54) is 10.8 Å². The number of hydrogen-bond acceptors (Lipinski definition) is 5. The van der Waals surface area contributed by atoms with E-state index in [9.17, 15) is 10.1 Å². The van der Waals surface area contributed by atoms with Crippen molar-refractivity contribution in [3.05, 3.63) is 29.0 Å². The van der Waals surface area contributed by atoms with Crippen molar-refractivity contribution in [2.24, 2.45) is 5.73 Å². The fourth-order valence-electron chi connectivity index (χ4n) is 1.46. The van der Waals surface area contributed by atoms with Gasteiger partial charge in [-0.15, -0.1) is 0 Å². The third-order valence-electron chi connectivity index (χ3n) is 2.22. The highest BCUT2D eigenvalue weighted by Gasteiger charge is 2.31. The Morgan fingerprint density at radius 2 is 2.60 bits per heavy atom. The molecular weight excluding hydrogens is 200 g/mol. The molecule has 2 rings (SSSR count). The second kappa shape index (κ2) is 3.35. The lowest BCUT2D eigenvalue weighted by Gasteiger charge is -2.25. The second-order valence-electron chi connectivity index (χ2n) is 3.27. The summed E-state index contributed by atoms with van der Waals surface area (Å²) in [6.45, 7) is 4.01. The first-order valence-electron chi connectivity index (χ1n) is 4.38. The first kappa shape index (κ1) is 9.66. The molecule has 1 aliphatic rings. The van der Waals surface area contributed by atoms with Gasteiger partial charge in [0.2, 0.25) is 0 Å². The van der Waals surface area contributed by atoms with Crippen LogP contribution in [0.2, 0.25) is 0 Å². The van der Waals surface area contributed by atoms with Crippen LogP contribution in [0.15, 0.2) is 18.9 Å². The van der Waals surface area contributed by atoms with Crippen molar-refractivity contribution in [3.8, 4) is 6.01 Å². The smallest absolute Gasteiger partial charge is 0.414 e. The Labute approximate surface area is 85.3 Å². The molecule has 1 aromatic rings. The summed E-state index contributed by atoms with van der Waals surface area (Å²) >= 11 is 0. The first-order chi connectivity index (χ1) is 7.11. The number of rotatable bonds is 2. The lowest BCUT2D eigenvalue weighted by Crippen LogP contribution is -2.44. The number of nitro groups is 1. The maximum Gasteiger partial charge on any atom is 0.414 e. The zero-order chi connectivity index (χ0) is 11.0. The van der Waals surface area contributed by atoms with E-state index < -0.39 is 4.92 Å². The summed E-state index contributed by atoms with van der Waals surface area (Å²) in [7, 11) is 0. The Morgan fingerprint density at radius 3 is 3.20 bits per heavy atom. The molecule has 2 heterocycles. The van der Waals surface area contributed by atoms with Gasteiger partial charge in [-0.2, -0.15) is 0 Å². The monoisotopic (exact) mass is 210 g/mol. The molecule has 0 fully saturated rings. The number of aromatic nitrogens is 2. The SMILES string of the molecule is C=CC1Oc2nc([N+](=O)[O-])cn2CC1N. The average molecular weight is 210 g/mol. The minimum absolute atomic E-state index is 0.216. The van der Waals surface area contributed by atoms with E-state index in [-0.39, 0.29) is 24.0 Å². The van der Waals surface area contributed by atoms with Gasteiger partial charge in [-0.1, -0.05) is 6.58 Å². The molecule has 0 aliphatic carbocycles. The summed E-state index contributed by atoms with van der Waals surface area (Å²) in [6.07, 6.45) is 2.53. The molecule has 0 saturated heterocycles. The Balaban J connectivity index is 2.33. The number of nitrogens with zero attached hydrogens (tertiary/aromatic N) is 3. The Morgan fingerprint density at radius 1 is 1.87 bits per heavy atom. The van der Waals surface area contributed by atoms with Crippen molar-refractivity contribution >= 4 is 5.82 Å². The van der Waals surface area contributed by atoms with E-state index in [1.807, 2.05) is 0 Å². The highest BCUT2D eigenvalue weighted by Crippen LogP contribution is 2.23. The van der Waals surface area contributed by atoms with Crippen LogP contribution < -0.4 is 10.5 Å². The number of hydrogen-bond donors (Lipinski definition) is 1. The molecule has 2 unspecified atom stereocenters. The topological polar surface area (TPSA) is 96.2 Å². The van der Waals surface area contributed by atoms with Gasteiger partial charge in [0.15, 0.2) is 0 Å². The van der Waals surface area contributed by atoms with Crippen LogP contribution in [-0.2, 0) is 6.54 Å². The van der Waals surface area contributed by atoms with Crippen molar-refractivity contribution in [2.75, 3.05) is 0 Å². The van der Waals surface area contributed by atoms with Gasteiger partial charge in [-0.05, 0) is 11.0 Å². The predicted molar refractivity (Wildman–Crippen MR) is 51.5 cm³/mol. The third-order valence-corrected chi connectivity index (χ3v) is 2.22. The van der Waals surface area contributed by atoms with Crippen LogP contribution in [0.5, 0.6) is 6.01 Å². The molecule has 0 spiro atoms. The Kier molecular flexibility index (Phi) is 2.16. The Hall–Kier alpha value is -1.89. The van der Waals surface area contributed by atoms with Gasteiger partial charge in [0.1, 0.15) is 12.3 Å². The molecule has 15 heavy (non-hydrogen) atoms. The zero-order valence-corrected chi connectivity index (χ0v) is 7.87. The van der Waals surface area contributed by atoms with Gasteiger partial charge in [0.25, 0.3) is 0 Å². The molecule has 80 valence electrons. The van der Waals surface area contributed by atoms with Gasteiger partial charge >= 0.3 is 11.8 Å². The molecule has 2 atom stereocenters. The summed E-state index contributed by atoms with van der Waals surface area (Å²) in [5.41, 5.74) is 5.77. The minimum atomic E-state index is -0.566. The maximum atomic E-state index is 10.5. The summed E-state index contributed by atoms with van der Waals surface area (Å²) in [5, 5.41) is 10.5. The molecule has 0 aromatic carbocycles. The van der Waals surface area contributed by atoms with Crippen molar-refractivity contribution in [2.45, 2.75) is 18.7 Å². The fourth-order valence-corrected chi connectivity index (χ4v) is 1.46. The van der Waals surface area contributed by atoms with E-state index in [1.54, 1.807) is 6.08 Å². The molecule has 7 heteroatoms. The average Bonchev–Trinajstić information content (AvgIpc) is 2.59. The first-order valence-corrected chi connectivity index (χ1v) is 4.38. The van der Waals surface area contributed by atoms with E-state index in [0.717, 1.165) is 0 Å². The quantitative estimate of drug-likeness (QED) is 0.423. The molecular formula is C8H10N4O3. The summed E-state index contributed by atoms with van der Waals surface area (Å²) in [6, 6.07) is -0.0443. The summed E-state index contributed by atoms with van der Waals surface area (Å²) in [5.74, 6) is -0.234. The van der Waals surface area contributed by atoms with E-state index in [4.69, 9.17) is 10.5 Å². The molecule has 0 bridgehead atoms. The van der Waals surface area contributed by atoms with E-state index in [2.05, 4.69) is 11.6 Å². The van der Waals surface area contributed by atoms with Crippen LogP contribution in [0.4, 0.5) is 5.82 Å². The van der Waals surface area contributed by atoms with Gasteiger partial charge < -0.3 is 20.6 Å². The van der Waals surface area contributed by atoms with Crippen LogP contribution in [0.3, 0.4) is 0 Å². The normalized spacial score (nSPS) is 24.1. The lowest BCUT2D eigenvalue weighted by molar-refractivity contribution is -0.389. The highest BCUT2D eigenvalue weighted by molar-refractivity contribution is 5.22. The van der Waals surface area contributed by atoms with Crippen molar-refractivity contribution in [1.29, 1.82) is 0 Å². The summed E-state index contributed by atoms with van der Waals surface area (Å²) in [4.78, 5) is 13.6. The van der Waals surface area contributed by atoms with Gasteiger partial charge in [-0.25, -0.2) is 0 Å². The third kappa shape index (κ3) is 1.57. The fraction of sp³-hybridized carbons (Fsp3) is 0.375. The molecule has 2 N–H and O–H groups in total. The van der Waals surface area contributed by atoms with E-state index in [0.29, 0.717) is 6.54 Å². The molecule has 1 aromatic heterocycles. The molecule has 0 radical (unpaired) electrons. The highest BCUT2D eigenvalue weighted by atomic mass is 16.6. The number of fused-ring (bicyclic) bond motifs is 1. The van der Waals surface area contributed by atoms with Crippen LogP contribution >= 0.6 is 0 Å². The van der Waals surface area contributed by atoms with Crippen molar-refractivity contribution in [1.82, 2.24) is 9.55 Å². The molecule has 7 nitrogen and oxygen atoms in total. The second-order valence-corrected chi connectivity index (χ2v) is 3.27. The lowest BCUT2D eigenvalue weighted by atomic mass is 10.1. The standard InChI is InChI=1S/C8H10N4O3/c1-2-6-5(9)3-11-4-7(12(13)14)10-8(11)15-6/h2,4-6H,1,3,9H2. The van der Waals surface area contributed by atoms with Crippen LogP contribution in [0.25, 0.3) is 0 Å². The van der Waals surface area contributed by atoms with E-state index >= 15 is 0 Å². The van der Waals surface area contributed by atoms with Gasteiger partial charge in [0.05, 0.1) is 6.04 Å². The van der Waals surface area contributed by atoms with Gasteiger partial charge in [0, 0.05) is 11.5 Å². The largest absolute Gasteiger partial charge is 0.437 e. The van der Waals surface area contributed by atoms with Gasteiger partial charge in [-0.3, -0.25) is 4.57 Å². The molecule has 0 saturated carbocycles. The van der Waals surface area contributed by atoms with Crippen LogP contribution in [-0.4, -0.2) is 26.6 Å². The minimum Gasteiger partial charge on any atom is -0.437 e. The van der Waals surface area contributed by atoms with Crippen molar-refractivity contribution in [3.63, 3.8) is 0 Å². The zero-order valence-electron chi connectivity index (χ0n) is 7.87. The Bertz CT molecular complexity index is 414. The predicted octanol–water partition coefficient (Wildman–Crippen LogP) is 0.0656. The number of imidazole rings is 1. The molecule has 1 aliphatic heterocycles. The number of ether oxygens (including phenoxy) is 1. The van der Waals surface area contributed by atoms with Crippen LogP contribution in [0, 0.1) is 10.1 Å². The summed E-state index contributed by atoms with van der Waals surface area (Å²) < 4.78 is 6.86. The van der Waals surface area contributed by atoms with Crippen molar-refractivity contribution < 1.29 is 9.66 Å². The van der Waals surface area contributed by atoms with Crippen LogP contribution in [0.1, 0.15) is 0 Å².